The molecular formula is C9H10N2O5. The van der Waals surface area contributed by atoms with Crippen LogP contribution in [0.3, 0.4) is 0 Å². The molecular weight excluding hydrogens is 216 g/mol. The van der Waals surface area contributed by atoms with Crippen molar-refractivity contribution in [3.8, 4) is 0 Å². The van der Waals surface area contributed by atoms with Crippen molar-refractivity contribution in [2.45, 2.75) is 24.5 Å². The number of ether oxygens (including phenoxy) is 2. The van der Waals surface area contributed by atoms with Gasteiger partial charge in [0.2, 0.25) is 0 Å². The quantitative estimate of drug-likeness (QED) is 0.579. The number of nitrogens with zero attached hydrogens (tertiary/aromatic N) is 1. The number of nitrogens with one attached hydrogen (secondary N) is 1. The Labute approximate surface area is 89.2 Å². The fourth-order valence-electron chi connectivity index (χ4n) is 2.00. The van der Waals surface area contributed by atoms with Crippen molar-refractivity contribution in [1.29, 1.82) is 0 Å². The highest BCUT2D eigenvalue weighted by Gasteiger charge is 2.58. The molecule has 16 heavy (non-hydrogen) atoms. The SMILES string of the molecule is O=c1ccn([C@@H]2O[C@H](CO)C3OC32)c(=O)[nH]1. The molecule has 0 radical (unpaired) electrons. The van der Waals surface area contributed by atoms with E-state index in [4.69, 9.17) is 14.6 Å². The molecule has 0 aliphatic carbocycles. The lowest BCUT2D eigenvalue weighted by Gasteiger charge is -2.17. The van der Waals surface area contributed by atoms with Crippen LogP contribution >= 0.6 is 0 Å². The summed E-state index contributed by atoms with van der Waals surface area (Å²) in [5.74, 6) is 0. The topological polar surface area (TPSA) is 96.8 Å². The average molecular weight is 226 g/mol. The summed E-state index contributed by atoms with van der Waals surface area (Å²) in [5, 5.41) is 8.99. The van der Waals surface area contributed by atoms with E-state index in [-0.39, 0.29) is 18.8 Å². The third-order valence-electron chi connectivity index (χ3n) is 2.83. The summed E-state index contributed by atoms with van der Waals surface area (Å²) in [6.45, 7) is -0.143. The summed E-state index contributed by atoms with van der Waals surface area (Å²) < 4.78 is 12.0. The lowest BCUT2D eigenvalue weighted by Crippen LogP contribution is -2.34. The molecule has 0 saturated carbocycles. The van der Waals surface area contributed by atoms with Crippen LogP contribution in [0, 0.1) is 0 Å². The van der Waals surface area contributed by atoms with Gasteiger partial charge in [0.05, 0.1) is 6.61 Å². The number of hydrogen-bond donors (Lipinski definition) is 2. The van der Waals surface area contributed by atoms with Crippen molar-refractivity contribution < 1.29 is 14.6 Å². The molecule has 4 atom stereocenters. The van der Waals surface area contributed by atoms with Gasteiger partial charge in [-0.25, -0.2) is 4.79 Å². The number of H-pyrrole nitrogens is 1. The Morgan fingerprint density at radius 2 is 2.19 bits per heavy atom. The van der Waals surface area contributed by atoms with Crippen LogP contribution in [0.15, 0.2) is 21.9 Å². The lowest BCUT2D eigenvalue weighted by atomic mass is 10.2. The van der Waals surface area contributed by atoms with Gasteiger partial charge in [-0.2, -0.15) is 0 Å². The Kier molecular flexibility index (Phi) is 2.00. The summed E-state index contributed by atoms with van der Waals surface area (Å²) in [4.78, 5) is 24.5. The second-order valence-corrected chi connectivity index (χ2v) is 3.83. The zero-order valence-corrected chi connectivity index (χ0v) is 8.20. The van der Waals surface area contributed by atoms with Crippen molar-refractivity contribution in [3.63, 3.8) is 0 Å². The minimum absolute atomic E-state index is 0.143. The first-order valence-corrected chi connectivity index (χ1v) is 4.94. The minimum atomic E-state index is -0.563. The zero-order chi connectivity index (χ0) is 11.3. The highest BCUT2D eigenvalue weighted by molar-refractivity contribution is 5.02. The molecule has 2 fully saturated rings. The van der Waals surface area contributed by atoms with E-state index in [1.807, 2.05) is 0 Å². The Balaban J connectivity index is 1.94. The van der Waals surface area contributed by atoms with Gasteiger partial charge < -0.3 is 14.6 Å². The summed E-state index contributed by atoms with van der Waals surface area (Å²) in [6, 6.07) is 1.24. The van der Waals surface area contributed by atoms with Gasteiger partial charge in [-0.05, 0) is 0 Å². The number of fused-ring (bicyclic) bond motifs is 1. The number of aromatic nitrogens is 2. The molecule has 2 unspecified atom stereocenters. The summed E-state index contributed by atoms with van der Waals surface area (Å²) in [7, 11) is 0. The predicted octanol–water partition coefficient (Wildman–Crippen LogP) is -1.81. The molecule has 0 amide bonds. The highest BCUT2D eigenvalue weighted by Crippen LogP contribution is 2.43. The molecule has 7 nitrogen and oxygen atoms in total. The van der Waals surface area contributed by atoms with Crippen LogP contribution in [0.25, 0.3) is 0 Å². The molecule has 1 aromatic heterocycles. The Bertz CT molecular complexity index is 521. The van der Waals surface area contributed by atoms with Crippen molar-refractivity contribution in [2.75, 3.05) is 6.61 Å². The minimum Gasteiger partial charge on any atom is -0.394 e. The van der Waals surface area contributed by atoms with Crippen LogP contribution in [-0.4, -0.2) is 39.6 Å². The van der Waals surface area contributed by atoms with Gasteiger partial charge in [0.1, 0.15) is 18.3 Å². The first kappa shape index (κ1) is 9.76. The third kappa shape index (κ3) is 1.33. The first-order valence-electron chi connectivity index (χ1n) is 4.94. The van der Waals surface area contributed by atoms with Crippen molar-refractivity contribution in [3.05, 3.63) is 33.1 Å². The fourth-order valence-corrected chi connectivity index (χ4v) is 2.00. The van der Waals surface area contributed by atoms with Crippen LogP contribution in [0.5, 0.6) is 0 Å². The standard InChI is InChI=1S/C9H10N2O5/c12-3-4-6-7(16-6)8(15-4)11-2-1-5(13)10-9(11)14/h1-2,4,6-8,12H,3H2,(H,10,13,14)/t4-,6?,7?,8-/m1/s1. The average Bonchev–Trinajstić information content (AvgIpc) is 2.96. The van der Waals surface area contributed by atoms with Crippen molar-refractivity contribution in [2.24, 2.45) is 0 Å². The van der Waals surface area contributed by atoms with E-state index in [1.54, 1.807) is 0 Å². The second kappa shape index (κ2) is 3.27. The fraction of sp³-hybridized carbons (Fsp3) is 0.556. The van der Waals surface area contributed by atoms with Gasteiger partial charge >= 0.3 is 5.69 Å². The highest BCUT2D eigenvalue weighted by atomic mass is 16.7. The van der Waals surface area contributed by atoms with Gasteiger partial charge in [-0.3, -0.25) is 14.3 Å². The number of aliphatic hydroxyl groups excluding tert-OH is 1. The van der Waals surface area contributed by atoms with E-state index in [1.165, 1.54) is 16.8 Å². The van der Waals surface area contributed by atoms with Gasteiger partial charge in [-0.1, -0.05) is 0 Å². The lowest BCUT2D eigenvalue weighted by molar-refractivity contribution is -0.0856. The third-order valence-corrected chi connectivity index (χ3v) is 2.83. The molecule has 2 aliphatic heterocycles. The van der Waals surface area contributed by atoms with E-state index in [9.17, 15) is 9.59 Å². The van der Waals surface area contributed by atoms with Crippen LogP contribution in [0.1, 0.15) is 6.23 Å². The second-order valence-electron chi connectivity index (χ2n) is 3.83. The van der Waals surface area contributed by atoms with Gasteiger partial charge in [0.25, 0.3) is 5.56 Å². The van der Waals surface area contributed by atoms with Crippen LogP contribution < -0.4 is 11.2 Å². The molecule has 86 valence electrons. The number of rotatable bonds is 2. The van der Waals surface area contributed by atoms with Gasteiger partial charge in [-0.15, -0.1) is 0 Å². The van der Waals surface area contributed by atoms with Crippen LogP contribution in [-0.2, 0) is 9.47 Å². The van der Waals surface area contributed by atoms with Gasteiger partial charge in [0, 0.05) is 12.3 Å². The largest absolute Gasteiger partial charge is 0.394 e. The molecule has 0 bridgehead atoms. The smallest absolute Gasteiger partial charge is 0.330 e. The van der Waals surface area contributed by atoms with E-state index in [0.29, 0.717) is 0 Å². The summed E-state index contributed by atoms with van der Waals surface area (Å²) in [5.41, 5.74) is -0.989. The van der Waals surface area contributed by atoms with E-state index >= 15 is 0 Å². The maximum Gasteiger partial charge on any atom is 0.330 e. The maximum absolute atomic E-state index is 11.5. The van der Waals surface area contributed by atoms with Crippen molar-refractivity contribution >= 4 is 0 Å². The van der Waals surface area contributed by atoms with Crippen LogP contribution in [0.4, 0.5) is 0 Å². The van der Waals surface area contributed by atoms with E-state index in [2.05, 4.69) is 4.98 Å². The zero-order valence-electron chi connectivity index (χ0n) is 8.20. The Hall–Kier alpha value is -1.44. The van der Waals surface area contributed by atoms with Gasteiger partial charge in [0.15, 0.2) is 6.23 Å². The first-order chi connectivity index (χ1) is 7.70. The normalized spacial score (nSPS) is 36.1. The number of epoxide rings is 1. The summed E-state index contributed by atoms with van der Waals surface area (Å²) in [6.07, 6.45) is 0.0551. The van der Waals surface area contributed by atoms with E-state index in [0.717, 1.165) is 0 Å². The molecule has 3 heterocycles. The Morgan fingerprint density at radius 1 is 1.38 bits per heavy atom. The number of hydrogen-bond acceptors (Lipinski definition) is 5. The van der Waals surface area contributed by atoms with Crippen LogP contribution in [0.2, 0.25) is 0 Å². The molecule has 2 N–H and O–H groups in total. The summed E-state index contributed by atoms with van der Waals surface area (Å²) >= 11 is 0. The molecule has 3 rings (SSSR count). The molecule has 1 aromatic rings. The van der Waals surface area contributed by atoms with E-state index < -0.39 is 23.6 Å². The molecule has 0 aromatic carbocycles. The predicted molar refractivity (Wildman–Crippen MR) is 51.0 cm³/mol. The molecule has 2 saturated heterocycles. The number of aliphatic hydroxyl groups is 1. The molecule has 2 aliphatic rings. The monoisotopic (exact) mass is 226 g/mol. The maximum atomic E-state index is 11.5. The Morgan fingerprint density at radius 3 is 2.81 bits per heavy atom. The van der Waals surface area contributed by atoms with Crippen molar-refractivity contribution in [1.82, 2.24) is 9.55 Å². The number of aromatic amines is 1. The molecule has 7 heteroatoms. The molecule has 0 spiro atoms.